The molecule has 1 atom stereocenters. The number of nitrogens with zero attached hydrogens (tertiary/aromatic N) is 4. The number of carbonyl (C=O) groups is 2. The summed E-state index contributed by atoms with van der Waals surface area (Å²) in [5.74, 6) is 0.578. The van der Waals surface area contributed by atoms with E-state index in [1.54, 1.807) is 21.7 Å². The van der Waals surface area contributed by atoms with E-state index < -0.39 is 5.97 Å². The molecule has 2 heterocycles. The summed E-state index contributed by atoms with van der Waals surface area (Å²) in [7, 11) is 0. The van der Waals surface area contributed by atoms with Crippen molar-refractivity contribution in [3.63, 3.8) is 0 Å². The van der Waals surface area contributed by atoms with E-state index in [-0.39, 0.29) is 24.0 Å². The second-order valence-electron chi connectivity index (χ2n) is 6.40. The molecule has 0 spiro atoms. The van der Waals surface area contributed by atoms with Gasteiger partial charge in [-0.2, -0.15) is 5.10 Å². The lowest BCUT2D eigenvalue weighted by Gasteiger charge is -2.33. The highest BCUT2D eigenvalue weighted by atomic mass is 16.5. The molecule has 0 radical (unpaired) electrons. The van der Waals surface area contributed by atoms with Crippen molar-refractivity contribution in [2.75, 3.05) is 19.7 Å². The number of morpholine rings is 1. The average molecular weight is 358 g/mol. The summed E-state index contributed by atoms with van der Waals surface area (Å²) in [6, 6.07) is 6.40. The zero-order valence-corrected chi connectivity index (χ0v) is 14.9. The maximum absolute atomic E-state index is 12.6. The van der Waals surface area contributed by atoms with Crippen LogP contribution in [-0.2, 0) is 22.5 Å². The maximum atomic E-state index is 12.6. The van der Waals surface area contributed by atoms with Crippen LogP contribution in [0.3, 0.4) is 0 Å². The molecule has 1 unspecified atom stereocenters. The van der Waals surface area contributed by atoms with Gasteiger partial charge in [0.2, 0.25) is 5.91 Å². The number of carboxylic acid groups (broad SMARTS) is 1. The quantitative estimate of drug-likeness (QED) is 0.858. The molecule has 1 aliphatic heterocycles. The van der Waals surface area contributed by atoms with Crippen LogP contribution in [-0.4, -0.2) is 62.4 Å². The van der Waals surface area contributed by atoms with Crippen molar-refractivity contribution in [2.45, 2.75) is 32.9 Å². The first kappa shape index (κ1) is 18.1. The van der Waals surface area contributed by atoms with Gasteiger partial charge in [0.15, 0.2) is 0 Å². The molecule has 1 N–H and O–H groups in total. The van der Waals surface area contributed by atoms with E-state index in [1.807, 2.05) is 13.8 Å². The molecule has 26 heavy (non-hydrogen) atoms. The van der Waals surface area contributed by atoms with Gasteiger partial charge >= 0.3 is 5.97 Å². The van der Waals surface area contributed by atoms with Crippen LogP contribution in [0.1, 0.15) is 27.6 Å². The number of rotatable bonds is 5. The van der Waals surface area contributed by atoms with Crippen LogP contribution in [0.5, 0.6) is 0 Å². The van der Waals surface area contributed by atoms with E-state index in [0.29, 0.717) is 26.2 Å². The van der Waals surface area contributed by atoms with Crippen LogP contribution >= 0.6 is 0 Å². The summed E-state index contributed by atoms with van der Waals surface area (Å²) in [4.78, 5) is 29.5. The average Bonchev–Trinajstić information content (AvgIpc) is 2.92. The van der Waals surface area contributed by atoms with Crippen molar-refractivity contribution in [2.24, 2.45) is 0 Å². The number of hydrogen-bond donors (Lipinski definition) is 1. The van der Waals surface area contributed by atoms with Crippen LogP contribution in [0.25, 0.3) is 0 Å². The normalized spacial score (nSPS) is 17.3. The molecule has 3 rings (SSSR count). The standard InChI is InChI=1S/C18H22N4O4/c1-12-19-13(2)22(20-12)11-16-10-21(7-8-26-16)17(23)9-14-3-5-15(6-4-14)18(24)25/h3-6,16H,7-11H2,1-2H3,(H,24,25). The van der Waals surface area contributed by atoms with Gasteiger partial charge in [-0.3, -0.25) is 4.79 Å². The van der Waals surface area contributed by atoms with E-state index in [9.17, 15) is 9.59 Å². The fraction of sp³-hybridized carbons (Fsp3) is 0.444. The minimum absolute atomic E-state index is 0.00729. The molecule has 8 heteroatoms. The highest BCUT2D eigenvalue weighted by Gasteiger charge is 2.25. The van der Waals surface area contributed by atoms with Crippen molar-refractivity contribution in [1.82, 2.24) is 19.7 Å². The molecule has 1 saturated heterocycles. The van der Waals surface area contributed by atoms with Gasteiger partial charge in [0.05, 0.1) is 31.2 Å². The van der Waals surface area contributed by atoms with E-state index in [2.05, 4.69) is 10.1 Å². The first-order valence-corrected chi connectivity index (χ1v) is 8.52. The molecule has 8 nitrogen and oxygen atoms in total. The molecule has 1 aliphatic rings. The van der Waals surface area contributed by atoms with Crippen molar-refractivity contribution in [1.29, 1.82) is 0 Å². The number of benzene rings is 1. The molecule has 1 aromatic carbocycles. The second-order valence-corrected chi connectivity index (χ2v) is 6.40. The minimum Gasteiger partial charge on any atom is -0.478 e. The summed E-state index contributed by atoms with van der Waals surface area (Å²) < 4.78 is 7.58. The van der Waals surface area contributed by atoms with E-state index in [4.69, 9.17) is 9.84 Å². The summed E-state index contributed by atoms with van der Waals surface area (Å²) in [5, 5.41) is 13.3. The highest BCUT2D eigenvalue weighted by molar-refractivity contribution is 5.87. The number of aromatic carboxylic acids is 1. The molecular formula is C18H22N4O4. The number of ether oxygens (including phenoxy) is 1. The van der Waals surface area contributed by atoms with E-state index in [1.165, 1.54) is 12.1 Å². The smallest absolute Gasteiger partial charge is 0.335 e. The molecule has 0 bridgehead atoms. The monoisotopic (exact) mass is 358 g/mol. The van der Waals surface area contributed by atoms with Crippen LogP contribution in [0.4, 0.5) is 0 Å². The summed E-state index contributed by atoms with van der Waals surface area (Å²) in [6.45, 7) is 5.84. The number of aromatic nitrogens is 3. The lowest BCUT2D eigenvalue weighted by atomic mass is 10.1. The fourth-order valence-corrected chi connectivity index (χ4v) is 3.04. The van der Waals surface area contributed by atoms with Crippen molar-refractivity contribution in [3.05, 3.63) is 47.0 Å². The third kappa shape index (κ3) is 4.26. The molecule has 1 amide bonds. The van der Waals surface area contributed by atoms with Gasteiger partial charge in [0.1, 0.15) is 11.6 Å². The SMILES string of the molecule is Cc1nc(C)n(CC2CN(C(=O)Cc3ccc(C(=O)O)cc3)CCO2)n1. The van der Waals surface area contributed by atoms with Gasteiger partial charge in [0.25, 0.3) is 0 Å². The number of amides is 1. The van der Waals surface area contributed by atoms with Gasteiger partial charge in [0, 0.05) is 13.1 Å². The summed E-state index contributed by atoms with van der Waals surface area (Å²) >= 11 is 0. The molecular weight excluding hydrogens is 336 g/mol. The number of hydrogen-bond acceptors (Lipinski definition) is 5. The molecule has 0 saturated carbocycles. The third-order valence-corrected chi connectivity index (χ3v) is 4.39. The van der Waals surface area contributed by atoms with Crippen LogP contribution in [0.15, 0.2) is 24.3 Å². The van der Waals surface area contributed by atoms with Gasteiger partial charge in [-0.1, -0.05) is 12.1 Å². The maximum Gasteiger partial charge on any atom is 0.335 e. The Labute approximate surface area is 151 Å². The predicted octanol–water partition coefficient (Wildman–Crippen LogP) is 1.06. The Morgan fingerprint density at radius 1 is 1.27 bits per heavy atom. The molecule has 2 aromatic rings. The largest absolute Gasteiger partial charge is 0.478 e. The second kappa shape index (κ2) is 7.65. The fourth-order valence-electron chi connectivity index (χ4n) is 3.04. The Kier molecular flexibility index (Phi) is 5.32. The molecule has 1 aromatic heterocycles. The topological polar surface area (TPSA) is 97.6 Å². The molecule has 0 aliphatic carbocycles. The van der Waals surface area contributed by atoms with Crippen LogP contribution in [0, 0.1) is 13.8 Å². The Morgan fingerprint density at radius 2 is 2.00 bits per heavy atom. The highest BCUT2D eigenvalue weighted by Crippen LogP contribution is 2.12. The van der Waals surface area contributed by atoms with Gasteiger partial charge < -0.3 is 14.7 Å². The Morgan fingerprint density at radius 3 is 2.62 bits per heavy atom. The predicted molar refractivity (Wildman–Crippen MR) is 92.9 cm³/mol. The number of carboxylic acids is 1. The van der Waals surface area contributed by atoms with Gasteiger partial charge in [-0.05, 0) is 31.5 Å². The van der Waals surface area contributed by atoms with Crippen molar-refractivity contribution in [3.8, 4) is 0 Å². The van der Waals surface area contributed by atoms with Crippen molar-refractivity contribution < 1.29 is 19.4 Å². The van der Waals surface area contributed by atoms with Gasteiger partial charge in [-0.25, -0.2) is 14.5 Å². The summed E-state index contributed by atoms with van der Waals surface area (Å²) in [6.07, 6.45) is 0.121. The van der Waals surface area contributed by atoms with Crippen molar-refractivity contribution >= 4 is 11.9 Å². The summed E-state index contributed by atoms with van der Waals surface area (Å²) in [5.41, 5.74) is 1.01. The van der Waals surface area contributed by atoms with Crippen LogP contribution < -0.4 is 0 Å². The Bertz CT molecular complexity index is 800. The lowest BCUT2D eigenvalue weighted by Crippen LogP contribution is -2.47. The Balaban J connectivity index is 1.59. The zero-order valence-electron chi connectivity index (χ0n) is 14.9. The Hall–Kier alpha value is -2.74. The number of aryl methyl sites for hydroxylation is 2. The first-order valence-electron chi connectivity index (χ1n) is 8.52. The number of carbonyl (C=O) groups excluding carboxylic acids is 1. The molecule has 138 valence electrons. The van der Waals surface area contributed by atoms with E-state index in [0.717, 1.165) is 17.2 Å². The minimum atomic E-state index is -0.975. The third-order valence-electron chi connectivity index (χ3n) is 4.39. The zero-order chi connectivity index (χ0) is 18.7. The lowest BCUT2D eigenvalue weighted by molar-refractivity contribution is -0.138. The first-order chi connectivity index (χ1) is 12.4. The van der Waals surface area contributed by atoms with Crippen LogP contribution in [0.2, 0.25) is 0 Å². The molecule has 1 fully saturated rings. The van der Waals surface area contributed by atoms with E-state index >= 15 is 0 Å². The van der Waals surface area contributed by atoms with Gasteiger partial charge in [-0.15, -0.1) is 0 Å².